The molecule has 0 aliphatic rings. The molecule has 0 aliphatic heterocycles. The van der Waals surface area contributed by atoms with Gasteiger partial charge in [0.15, 0.2) is 0 Å². The van der Waals surface area contributed by atoms with Crippen molar-refractivity contribution in [2.24, 2.45) is 0 Å². The summed E-state index contributed by atoms with van der Waals surface area (Å²) in [5.74, 6) is -0.00547. The van der Waals surface area contributed by atoms with Crippen LogP contribution in [0.5, 0.6) is 5.75 Å². The van der Waals surface area contributed by atoms with E-state index < -0.39 is 17.8 Å². The number of fused-ring (bicyclic) bond motifs is 1. The van der Waals surface area contributed by atoms with Gasteiger partial charge in [0.25, 0.3) is 0 Å². The maximum atomic E-state index is 12.7. The molecule has 254 valence electrons. The minimum absolute atomic E-state index is 0.00547. The SMILES string of the molecule is CN(CCCCCCCCCNCC(O)c1ccc(O)c2[nH]c(=O)ccc12)CCC(C)(C)OC(=O)Nc1ccccc1-c1ccsc1. The molecule has 0 spiro atoms. The van der Waals surface area contributed by atoms with E-state index in [1.807, 2.05) is 49.6 Å². The van der Waals surface area contributed by atoms with Crippen molar-refractivity contribution in [3.05, 3.63) is 81.3 Å². The number of nitrogens with one attached hydrogen (secondary N) is 3. The summed E-state index contributed by atoms with van der Waals surface area (Å²) >= 11 is 1.63. The van der Waals surface area contributed by atoms with Gasteiger partial charge in [-0.05, 0) is 99.4 Å². The van der Waals surface area contributed by atoms with Crippen LogP contribution in [0.25, 0.3) is 22.0 Å². The van der Waals surface area contributed by atoms with Gasteiger partial charge in [-0.2, -0.15) is 11.3 Å². The van der Waals surface area contributed by atoms with Crippen molar-refractivity contribution in [2.75, 3.05) is 38.5 Å². The molecule has 2 heterocycles. The number of anilines is 1. The van der Waals surface area contributed by atoms with Crippen LogP contribution in [0.4, 0.5) is 10.5 Å². The highest BCUT2D eigenvalue weighted by atomic mass is 32.1. The predicted molar refractivity (Wildman–Crippen MR) is 192 cm³/mol. The van der Waals surface area contributed by atoms with Gasteiger partial charge in [-0.1, -0.05) is 56.4 Å². The highest BCUT2D eigenvalue weighted by molar-refractivity contribution is 7.08. The number of aromatic nitrogens is 1. The largest absolute Gasteiger partial charge is 0.506 e. The van der Waals surface area contributed by atoms with Crippen LogP contribution in [0.3, 0.4) is 0 Å². The lowest BCUT2D eigenvalue weighted by Crippen LogP contribution is -2.35. The molecule has 1 atom stereocenters. The van der Waals surface area contributed by atoms with Gasteiger partial charge < -0.3 is 30.2 Å². The number of unbranched alkanes of at least 4 members (excludes halogenated alkanes) is 6. The third kappa shape index (κ3) is 11.5. The van der Waals surface area contributed by atoms with Crippen LogP contribution >= 0.6 is 11.3 Å². The van der Waals surface area contributed by atoms with Gasteiger partial charge in [0.1, 0.15) is 11.4 Å². The second kappa shape index (κ2) is 18.0. The monoisotopic (exact) mass is 662 g/mol. The molecule has 0 saturated heterocycles. The number of amides is 1. The van der Waals surface area contributed by atoms with Crippen LogP contribution in [0.15, 0.2) is 70.2 Å². The van der Waals surface area contributed by atoms with E-state index in [-0.39, 0.29) is 11.3 Å². The Hall–Kier alpha value is -3.70. The molecule has 0 radical (unpaired) electrons. The van der Waals surface area contributed by atoms with Crippen molar-refractivity contribution in [2.45, 2.75) is 76.9 Å². The molecule has 5 N–H and O–H groups in total. The molecule has 2 aromatic carbocycles. The van der Waals surface area contributed by atoms with Crippen LogP contribution in [0.2, 0.25) is 0 Å². The number of nitrogens with zero attached hydrogens (tertiary/aromatic N) is 1. The van der Waals surface area contributed by atoms with Crippen molar-refractivity contribution >= 4 is 34.0 Å². The van der Waals surface area contributed by atoms with Gasteiger partial charge in [0, 0.05) is 30.1 Å². The topological polar surface area (TPSA) is 127 Å². The fraction of sp³-hybridized carbons (Fsp3) is 0.459. The van der Waals surface area contributed by atoms with Crippen LogP contribution < -0.4 is 16.2 Å². The van der Waals surface area contributed by atoms with Crippen LogP contribution in [-0.4, -0.2) is 65.0 Å². The molecule has 4 rings (SSSR count). The fourth-order valence-corrected chi connectivity index (χ4v) is 6.34. The standard InChI is InChI=1S/C37H50N4O5S/c1-37(2,46-36(45)39-31-14-10-9-13-28(31)27-19-24-47-26-27)20-23-41(3)22-12-8-6-4-5-7-11-21-38-25-33(43)29-15-17-32(42)35-30(29)16-18-34(44)40-35/h9-10,13-19,24,26,33,38,42-43H,4-8,11-12,20-23,25H2,1-3H3,(H,39,45)(H,40,44). The lowest BCUT2D eigenvalue weighted by molar-refractivity contribution is 0.0357. The number of rotatable bonds is 19. The highest BCUT2D eigenvalue weighted by Crippen LogP contribution is 2.30. The van der Waals surface area contributed by atoms with E-state index in [0.717, 1.165) is 62.1 Å². The smallest absolute Gasteiger partial charge is 0.412 e. The summed E-state index contributed by atoms with van der Waals surface area (Å²) in [5.41, 5.74) is 2.97. The van der Waals surface area contributed by atoms with Gasteiger partial charge >= 0.3 is 6.09 Å². The lowest BCUT2D eigenvalue weighted by atomic mass is 10.0. The maximum Gasteiger partial charge on any atom is 0.412 e. The molecule has 2 aromatic heterocycles. The number of phenolic OH excluding ortho intramolecular Hbond substituents is 1. The van der Waals surface area contributed by atoms with E-state index in [4.69, 9.17) is 4.74 Å². The van der Waals surface area contributed by atoms with Gasteiger partial charge in [-0.15, -0.1) is 0 Å². The number of aromatic amines is 1. The summed E-state index contributed by atoms with van der Waals surface area (Å²) in [7, 11) is 2.13. The van der Waals surface area contributed by atoms with Crippen LogP contribution in [0, 0.1) is 0 Å². The van der Waals surface area contributed by atoms with Gasteiger partial charge in [0.05, 0.1) is 17.3 Å². The van der Waals surface area contributed by atoms with Crippen molar-refractivity contribution < 1.29 is 19.7 Å². The summed E-state index contributed by atoms with van der Waals surface area (Å²) < 4.78 is 5.81. The molecular weight excluding hydrogens is 612 g/mol. The molecule has 9 nitrogen and oxygen atoms in total. The number of aliphatic hydroxyl groups excluding tert-OH is 1. The van der Waals surface area contributed by atoms with Gasteiger partial charge in [-0.25, -0.2) is 4.79 Å². The lowest BCUT2D eigenvalue weighted by Gasteiger charge is -2.28. The summed E-state index contributed by atoms with van der Waals surface area (Å²) in [5, 5.41) is 31.7. The molecule has 0 fully saturated rings. The Balaban J connectivity index is 1.01. The number of thiophene rings is 1. The zero-order valence-electron chi connectivity index (χ0n) is 27.9. The van der Waals surface area contributed by atoms with Gasteiger partial charge in [0.2, 0.25) is 5.56 Å². The quantitative estimate of drug-likeness (QED) is 0.0653. The number of phenols is 1. The third-order valence-electron chi connectivity index (χ3n) is 8.46. The third-order valence-corrected chi connectivity index (χ3v) is 9.14. The number of carbonyl (C=O) groups is 1. The molecule has 4 aromatic rings. The molecule has 10 heteroatoms. The Morgan fingerprint density at radius 1 is 0.979 bits per heavy atom. The van der Waals surface area contributed by atoms with Crippen molar-refractivity contribution in [3.8, 4) is 16.9 Å². The average Bonchev–Trinajstić information content (AvgIpc) is 3.58. The number of para-hydroxylation sites is 1. The summed E-state index contributed by atoms with van der Waals surface area (Å²) in [6.07, 6.45) is 7.77. The molecule has 0 saturated carbocycles. The van der Waals surface area contributed by atoms with Crippen LogP contribution in [0.1, 0.15) is 76.9 Å². The second-order valence-electron chi connectivity index (χ2n) is 12.9. The number of carbonyl (C=O) groups excluding carboxylic acids is 1. The Kier molecular flexibility index (Phi) is 13.8. The number of aliphatic hydroxyl groups is 1. The van der Waals surface area contributed by atoms with E-state index in [9.17, 15) is 19.8 Å². The first-order chi connectivity index (χ1) is 22.6. The first kappa shape index (κ1) is 36.1. The van der Waals surface area contributed by atoms with E-state index >= 15 is 0 Å². The molecule has 47 heavy (non-hydrogen) atoms. The van der Waals surface area contributed by atoms with E-state index in [2.05, 4.69) is 32.9 Å². The van der Waals surface area contributed by atoms with Crippen LogP contribution in [-0.2, 0) is 4.74 Å². The number of ether oxygens (including phenoxy) is 1. The minimum atomic E-state index is -0.731. The first-order valence-corrected chi connectivity index (χ1v) is 17.6. The fourth-order valence-electron chi connectivity index (χ4n) is 5.68. The Bertz CT molecular complexity index is 1600. The van der Waals surface area contributed by atoms with Crippen molar-refractivity contribution in [3.63, 3.8) is 0 Å². The number of hydrogen-bond donors (Lipinski definition) is 5. The molecule has 1 unspecified atom stereocenters. The molecule has 1 amide bonds. The number of benzene rings is 2. The summed E-state index contributed by atoms with van der Waals surface area (Å²) in [4.78, 5) is 29.3. The van der Waals surface area contributed by atoms with Crippen molar-refractivity contribution in [1.29, 1.82) is 0 Å². The van der Waals surface area contributed by atoms with Crippen molar-refractivity contribution in [1.82, 2.24) is 15.2 Å². The second-order valence-corrected chi connectivity index (χ2v) is 13.6. The molecule has 0 bridgehead atoms. The van der Waals surface area contributed by atoms with E-state index in [1.54, 1.807) is 23.5 Å². The Morgan fingerprint density at radius 2 is 1.72 bits per heavy atom. The summed E-state index contributed by atoms with van der Waals surface area (Å²) in [6.45, 7) is 7.05. The number of pyridine rings is 1. The predicted octanol–water partition coefficient (Wildman–Crippen LogP) is 7.67. The van der Waals surface area contributed by atoms with Gasteiger partial charge in [-0.3, -0.25) is 10.1 Å². The number of H-pyrrole nitrogens is 1. The summed E-state index contributed by atoms with van der Waals surface area (Å²) in [6, 6.07) is 16.1. The molecular formula is C37H50N4O5S. The average molecular weight is 663 g/mol. The highest BCUT2D eigenvalue weighted by Gasteiger charge is 2.24. The zero-order valence-corrected chi connectivity index (χ0v) is 28.7. The number of aromatic hydroxyl groups is 1. The minimum Gasteiger partial charge on any atom is -0.506 e. The first-order valence-electron chi connectivity index (χ1n) is 16.7. The Labute approximate surface area is 282 Å². The van der Waals surface area contributed by atoms with E-state index in [1.165, 1.54) is 37.8 Å². The van der Waals surface area contributed by atoms with E-state index in [0.29, 0.717) is 23.0 Å². The number of hydrogen-bond acceptors (Lipinski definition) is 8. The normalized spacial score (nSPS) is 12.4. The maximum absolute atomic E-state index is 12.7. The zero-order chi connectivity index (χ0) is 33.6. The Morgan fingerprint density at radius 3 is 2.49 bits per heavy atom. The molecule has 0 aliphatic carbocycles.